The standard InChI is InChI=1S/C18H20BrN3O2S.BrH/c1-11-8-13-14(9-12(11)2)22(18(21-13)20-6-3-7-23)10-15(24)16-4-5-17(19)25-16;/h4-5,8-9,23H,3,6-7,10H2,1-2H3,(H,20,21);1H. The van der Waals surface area contributed by atoms with E-state index in [9.17, 15) is 4.79 Å². The van der Waals surface area contributed by atoms with Gasteiger partial charge in [-0.3, -0.25) is 4.79 Å². The van der Waals surface area contributed by atoms with Gasteiger partial charge in [-0.05, 0) is 71.6 Å². The maximum atomic E-state index is 12.7. The van der Waals surface area contributed by atoms with Crippen LogP contribution in [-0.4, -0.2) is 33.6 Å². The Labute approximate surface area is 175 Å². The van der Waals surface area contributed by atoms with E-state index in [2.05, 4.69) is 46.1 Å². The van der Waals surface area contributed by atoms with Crippen LogP contribution in [0.1, 0.15) is 27.2 Å². The first kappa shape index (κ1) is 21.1. The number of aryl methyl sites for hydroxylation is 2. The number of aliphatic hydroxyl groups is 1. The molecule has 3 aromatic rings. The molecule has 0 aliphatic carbocycles. The molecule has 0 saturated carbocycles. The predicted molar refractivity (Wildman–Crippen MR) is 116 cm³/mol. The van der Waals surface area contributed by atoms with Crippen LogP contribution < -0.4 is 5.32 Å². The number of halogens is 2. The largest absolute Gasteiger partial charge is 0.396 e. The lowest BCUT2D eigenvalue weighted by Gasteiger charge is -2.10. The van der Waals surface area contributed by atoms with Gasteiger partial charge in [0.05, 0.1) is 26.2 Å². The normalized spacial score (nSPS) is 10.8. The number of aromatic nitrogens is 2. The van der Waals surface area contributed by atoms with Crippen LogP contribution in [0.3, 0.4) is 0 Å². The van der Waals surface area contributed by atoms with Gasteiger partial charge in [-0.1, -0.05) is 0 Å². The molecule has 0 radical (unpaired) electrons. The fraction of sp³-hybridized carbons (Fsp3) is 0.333. The van der Waals surface area contributed by atoms with Gasteiger partial charge in [-0.25, -0.2) is 4.98 Å². The van der Waals surface area contributed by atoms with Crippen molar-refractivity contribution in [1.82, 2.24) is 9.55 Å². The average Bonchev–Trinajstić information content (AvgIpc) is 3.14. The summed E-state index contributed by atoms with van der Waals surface area (Å²) in [5.74, 6) is 0.718. The second kappa shape index (κ2) is 9.12. The molecule has 8 heteroatoms. The van der Waals surface area contributed by atoms with E-state index in [1.165, 1.54) is 22.5 Å². The van der Waals surface area contributed by atoms with Gasteiger partial charge in [0.25, 0.3) is 0 Å². The first-order valence-corrected chi connectivity index (χ1v) is 9.71. The fourth-order valence-corrected chi connectivity index (χ4v) is 3.96. The highest BCUT2D eigenvalue weighted by molar-refractivity contribution is 9.11. The third-order valence-electron chi connectivity index (χ3n) is 4.13. The highest BCUT2D eigenvalue weighted by Gasteiger charge is 2.17. The topological polar surface area (TPSA) is 67.2 Å². The van der Waals surface area contributed by atoms with Crippen molar-refractivity contribution < 1.29 is 9.90 Å². The minimum absolute atomic E-state index is 0. The van der Waals surface area contributed by atoms with E-state index in [4.69, 9.17) is 5.11 Å². The van der Waals surface area contributed by atoms with E-state index in [1.807, 2.05) is 22.8 Å². The van der Waals surface area contributed by atoms with E-state index in [0.717, 1.165) is 19.7 Å². The van der Waals surface area contributed by atoms with Crippen LogP contribution in [0.5, 0.6) is 0 Å². The maximum Gasteiger partial charge on any atom is 0.204 e. The first-order valence-electron chi connectivity index (χ1n) is 8.10. The number of hydrogen-bond donors (Lipinski definition) is 2. The number of fused-ring (bicyclic) bond motifs is 1. The van der Waals surface area contributed by atoms with Gasteiger partial charge in [0.1, 0.15) is 0 Å². The average molecular weight is 503 g/mol. The Bertz CT molecular complexity index is 921. The zero-order valence-corrected chi connectivity index (χ0v) is 18.7. The summed E-state index contributed by atoms with van der Waals surface area (Å²) in [7, 11) is 0. The summed E-state index contributed by atoms with van der Waals surface area (Å²) in [5.41, 5.74) is 4.16. The Kier molecular flexibility index (Phi) is 7.40. The van der Waals surface area contributed by atoms with Crippen LogP contribution in [-0.2, 0) is 6.54 Å². The SMILES string of the molecule is Br.Cc1cc2nc(NCCCO)n(CC(=O)c3ccc(Br)s3)c2cc1C. The summed E-state index contributed by atoms with van der Waals surface area (Å²) in [4.78, 5) is 18.0. The van der Waals surface area contributed by atoms with E-state index in [0.29, 0.717) is 18.9 Å². The molecule has 1 aromatic carbocycles. The van der Waals surface area contributed by atoms with Gasteiger partial charge in [0.2, 0.25) is 5.95 Å². The predicted octanol–water partition coefficient (Wildman–Crippen LogP) is 4.73. The van der Waals surface area contributed by atoms with Gasteiger partial charge in [-0.2, -0.15) is 0 Å². The smallest absolute Gasteiger partial charge is 0.204 e. The van der Waals surface area contributed by atoms with Gasteiger partial charge in [-0.15, -0.1) is 28.3 Å². The lowest BCUT2D eigenvalue weighted by atomic mass is 10.1. The molecule has 140 valence electrons. The number of Topliss-reactive ketones (excluding diaryl/α,β-unsaturated/α-hetero) is 1. The molecule has 0 amide bonds. The lowest BCUT2D eigenvalue weighted by Crippen LogP contribution is -2.14. The molecule has 0 spiro atoms. The number of nitrogens with zero attached hydrogens (tertiary/aromatic N) is 2. The molecular formula is C18H21Br2N3O2S. The van der Waals surface area contributed by atoms with Gasteiger partial charge >= 0.3 is 0 Å². The summed E-state index contributed by atoms with van der Waals surface area (Å²) >= 11 is 4.84. The van der Waals surface area contributed by atoms with E-state index in [1.54, 1.807) is 0 Å². The molecule has 2 N–H and O–H groups in total. The third kappa shape index (κ3) is 4.54. The summed E-state index contributed by atoms with van der Waals surface area (Å²) < 4.78 is 2.87. The molecule has 0 unspecified atom stereocenters. The van der Waals surface area contributed by atoms with Crippen LogP contribution in [0, 0.1) is 13.8 Å². The minimum Gasteiger partial charge on any atom is -0.396 e. The summed E-state index contributed by atoms with van der Waals surface area (Å²) in [6, 6.07) is 7.85. The zero-order valence-electron chi connectivity index (χ0n) is 14.6. The number of nitrogens with one attached hydrogen (secondary N) is 1. The van der Waals surface area contributed by atoms with Crippen molar-refractivity contribution in [2.24, 2.45) is 0 Å². The van der Waals surface area contributed by atoms with Crippen molar-refractivity contribution in [2.45, 2.75) is 26.8 Å². The number of carbonyl (C=O) groups is 1. The molecule has 3 rings (SSSR count). The van der Waals surface area contributed by atoms with E-state index < -0.39 is 0 Å². The highest BCUT2D eigenvalue weighted by atomic mass is 79.9. The third-order valence-corrected chi connectivity index (χ3v) is 5.80. The number of thiophene rings is 1. The summed E-state index contributed by atoms with van der Waals surface area (Å²) in [5, 5.41) is 12.2. The number of ketones is 1. The van der Waals surface area contributed by atoms with E-state index in [-0.39, 0.29) is 35.9 Å². The number of imidazole rings is 1. The fourth-order valence-electron chi connectivity index (χ4n) is 2.64. The van der Waals surface area contributed by atoms with E-state index >= 15 is 0 Å². The van der Waals surface area contributed by atoms with Crippen molar-refractivity contribution >= 4 is 67.0 Å². The highest BCUT2D eigenvalue weighted by Crippen LogP contribution is 2.26. The van der Waals surface area contributed by atoms with Crippen LogP contribution in [0.25, 0.3) is 11.0 Å². The Morgan fingerprint density at radius 2 is 2.04 bits per heavy atom. The Hall–Kier alpha value is -1.22. The van der Waals surface area contributed by atoms with Crippen molar-refractivity contribution in [3.8, 4) is 0 Å². The second-order valence-electron chi connectivity index (χ2n) is 5.98. The molecule has 2 aromatic heterocycles. The van der Waals surface area contributed by atoms with Gasteiger partial charge in [0.15, 0.2) is 5.78 Å². The Balaban J connectivity index is 0.00000243. The molecule has 2 heterocycles. The van der Waals surface area contributed by atoms with Crippen molar-refractivity contribution in [3.63, 3.8) is 0 Å². The number of anilines is 1. The van der Waals surface area contributed by atoms with Crippen molar-refractivity contribution in [2.75, 3.05) is 18.5 Å². The molecule has 0 bridgehead atoms. The quantitative estimate of drug-likeness (QED) is 0.362. The Morgan fingerprint density at radius 1 is 1.31 bits per heavy atom. The Morgan fingerprint density at radius 3 is 2.69 bits per heavy atom. The molecule has 5 nitrogen and oxygen atoms in total. The van der Waals surface area contributed by atoms with Crippen LogP contribution >= 0.6 is 44.2 Å². The molecule has 0 saturated heterocycles. The van der Waals surface area contributed by atoms with Gasteiger partial charge < -0.3 is 15.0 Å². The monoisotopic (exact) mass is 501 g/mol. The number of benzene rings is 1. The van der Waals surface area contributed by atoms with Crippen LogP contribution in [0.4, 0.5) is 5.95 Å². The number of carbonyl (C=O) groups excluding carboxylic acids is 1. The van der Waals surface area contributed by atoms with Crippen LogP contribution in [0.2, 0.25) is 0 Å². The number of aliphatic hydroxyl groups excluding tert-OH is 1. The van der Waals surface area contributed by atoms with Gasteiger partial charge in [0, 0.05) is 13.2 Å². The molecule has 26 heavy (non-hydrogen) atoms. The lowest BCUT2D eigenvalue weighted by molar-refractivity contribution is 0.0978. The number of rotatable bonds is 7. The molecular weight excluding hydrogens is 482 g/mol. The van der Waals surface area contributed by atoms with Crippen molar-refractivity contribution in [1.29, 1.82) is 0 Å². The minimum atomic E-state index is 0. The van der Waals surface area contributed by atoms with Crippen LogP contribution in [0.15, 0.2) is 28.1 Å². The first-order chi connectivity index (χ1) is 12.0. The summed E-state index contributed by atoms with van der Waals surface area (Å²) in [6.45, 7) is 5.07. The molecule has 0 aliphatic rings. The molecule has 0 atom stereocenters. The zero-order chi connectivity index (χ0) is 18.0. The molecule has 0 aliphatic heterocycles. The molecule has 0 fully saturated rings. The second-order valence-corrected chi connectivity index (χ2v) is 8.44. The number of hydrogen-bond acceptors (Lipinski definition) is 5. The summed E-state index contributed by atoms with van der Waals surface area (Å²) in [6.07, 6.45) is 0.632. The maximum absolute atomic E-state index is 12.7. The van der Waals surface area contributed by atoms with Crippen molar-refractivity contribution in [3.05, 3.63) is 44.1 Å².